The number of rotatable bonds is 5. The van der Waals surface area contributed by atoms with E-state index < -0.39 is 15.6 Å². The monoisotopic (exact) mass is 354 g/mol. The van der Waals surface area contributed by atoms with E-state index in [0.717, 1.165) is 18.7 Å². The summed E-state index contributed by atoms with van der Waals surface area (Å²) in [5, 5.41) is 15.1. The minimum Gasteiger partial charge on any atom is -0.389 e. The van der Waals surface area contributed by atoms with Crippen LogP contribution in [0.4, 0.5) is 0 Å². The SMILES string of the molecule is C=CCn1cc(CN2CC[C@@]3(O)CCN(S(C)(=O)=O)C[C@H]3C2)cn1. The molecule has 2 aliphatic heterocycles. The Morgan fingerprint density at radius 2 is 2.17 bits per heavy atom. The fourth-order valence-electron chi connectivity index (χ4n) is 3.76. The minimum atomic E-state index is -3.20. The van der Waals surface area contributed by atoms with E-state index in [1.165, 1.54) is 10.6 Å². The molecule has 0 saturated carbocycles. The van der Waals surface area contributed by atoms with Crippen molar-refractivity contribution in [3.8, 4) is 0 Å². The second-order valence-corrected chi connectivity index (χ2v) is 9.00. The van der Waals surface area contributed by atoms with Crippen LogP contribution in [0.15, 0.2) is 25.0 Å². The van der Waals surface area contributed by atoms with Crippen molar-refractivity contribution >= 4 is 10.0 Å². The van der Waals surface area contributed by atoms with Crippen LogP contribution in [0.3, 0.4) is 0 Å². The standard InChI is InChI=1S/C16H26N4O3S/c1-3-6-19-11-14(9-17-19)10-18-7-4-16(21)5-8-20(24(2,22)23)13-15(16)12-18/h3,9,11,15,21H,1,4-8,10,12-13H2,2H3/t15-,16-/m1/s1. The van der Waals surface area contributed by atoms with Gasteiger partial charge in [0.05, 0.1) is 24.6 Å². The van der Waals surface area contributed by atoms with Gasteiger partial charge in [-0.2, -0.15) is 5.10 Å². The third kappa shape index (κ3) is 3.72. The van der Waals surface area contributed by atoms with E-state index in [9.17, 15) is 13.5 Å². The van der Waals surface area contributed by atoms with Gasteiger partial charge in [0, 0.05) is 50.4 Å². The predicted molar refractivity (Wildman–Crippen MR) is 91.8 cm³/mol. The van der Waals surface area contributed by atoms with Gasteiger partial charge < -0.3 is 5.11 Å². The maximum atomic E-state index is 11.8. The highest BCUT2D eigenvalue weighted by Crippen LogP contribution is 2.36. The topological polar surface area (TPSA) is 78.7 Å². The first-order chi connectivity index (χ1) is 11.3. The Kier molecular flexibility index (Phi) is 4.83. The second kappa shape index (κ2) is 6.59. The molecule has 0 amide bonds. The van der Waals surface area contributed by atoms with E-state index in [2.05, 4.69) is 16.6 Å². The first kappa shape index (κ1) is 17.6. The number of nitrogens with zero attached hydrogens (tertiary/aromatic N) is 4. The van der Waals surface area contributed by atoms with Crippen molar-refractivity contribution in [3.63, 3.8) is 0 Å². The highest BCUT2D eigenvalue weighted by atomic mass is 32.2. The molecule has 2 atom stereocenters. The highest BCUT2D eigenvalue weighted by molar-refractivity contribution is 7.88. The molecule has 0 aliphatic carbocycles. The molecule has 134 valence electrons. The van der Waals surface area contributed by atoms with E-state index in [4.69, 9.17) is 0 Å². The van der Waals surface area contributed by atoms with Crippen LogP contribution in [-0.2, 0) is 23.1 Å². The molecule has 1 N–H and O–H groups in total. The molecule has 0 bridgehead atoms. The zero-order chi connectivity index (χ0) is 17.4. The molecule has 0 spiro atoms. The van der Waals surface area contributed by atoms with E-state index in [0.29, 0.717) is 39.0 Å². The van der Waals surface area contributed by atoms with Crippen molar-refractivity contribution < 1.29 is 13.5 Å². The van der Waals surface area contributed by atoms with Gasteiger partial charge in [-0.05, 0) is 12.8 Å². The average molecular weight is 354 g/mol. The van der Waals surface area contributed by atoms with Crippen LogP contribution >= 0.6 is 0 Å². The van der Waals surface area contributed by atoms with Gasteiger partial charge in [-0.3, -0.25) is 9.58 Å². The number of aliphatic hydroxyl groups is 1. The van der Waals surface area contributed by atoms with E-state index in [-0.39, 0.29) is 5.92 Å². The van der Waals surface area contributed by atoms with Crippen LogP contribution in [0.25, 0.3) is 0 Å². The normalized spacial score (nSPS) is 29.3. The summed E-state index contributed by atoms with van der Waals surface area (Å²) in [4.78, 5) is 2.28. The molecular formula is C16H26N4O3S. The molecule has 0 aromatic carbocycles. The Balaban J connectivity index is 1.65. The minimum absolute atomic E-state index is 0.0436. The lowest BCUT2D eigenvalue weighted by atomic mass is 9.76. The molecule has 24 heavy (non-hydrogen) atoms. The highest BCUT2D eigenvalue weighted by Gasteiger charge is 2.46. The molecule has 1 aromatic heterocycles. The Bertz CT molecular complexity index is 702. The number of hydrogen-bond donors (Lipinski definition) is 1. The van der Waals surface area contributed by atoms with E-state index in [1.54, 1.807) is 6.08 Å². The molecule has 0 unspecified atom stereocenters. The number of likely N-dealkylation sites (tertiary alicyclic amines) is 1. The van der Waals surface area contributed by atoms with Gasteiger partial charge in [0.1, 0.15) is 0 Å². The largest absolute Gasteiger partial charge is 0.389 e. The van der Waals surface area contributed by atoms with Crippen molar-refractivity contribution in [1.29, 1.82) is 0 Å². The lowest BCUT2D eigenvalue weighted by molar-refractivity contribution is -0.103. The third-order valence-electron chi connectivity index (χ3n) is 5.20. The van der Waals surface area contributed by atoms with Crippen LogP contribution in [0.1, 0.15) is 18.4 Å². The number of piperidine rings is 2. The smallest absolute Gasteiger partial charge is 0.211 e. The van der Waals surface area contributed by atoms with Gasteiger partial charge >= 0.3 is 0 Å². The molecule has 2 saturated heterocycles. The lowest BCUT2D eigenvalue weighted by Crippen LogP contribution is -2.60. The van der Waals surface area contributed by atoms with Crippen molar-refractivity contribution in [3.05, 3.63) is 30.6 Å². The molecule has 8 heteroatoms. The quantitative estimate of drug-likeness (QED) is 0.769. The molecule has 0 radical (unpaired) electrons. The molecule has 2 aliphatic rings. The Labute approximate surface area is 143 Å². The number of fused-ring (bicyclic) bond motifs is 1. The first-order valence-electron chi connectivity index (χ1n) is 8.32. The zero-order valence-corrected chi connectivity index (χ0v) is 15.0. The molecule has 7 nitrogen and oxygen atoms in total. The van der Waals surface area contributed by atoms with Crippen molar-refractivity contribution in [2.24, 2.45) is 5.92 Å². The van der Waals surface area contributed by atoms with Crippen LogP contribution in [0.5, 0.6) is 0 Å². The Hall–Kier alpha value is -1.22. The maximum Gasteiger partial charge on any atom is 0.211 e. The summed E-state index contributed by atoms with van der Waals surface area (Å²) in [6.07, 6.45) is 8.12. The zero-order valence-electron chi connectivity index (χ0n) is 14.1. The second-order valence-electron chi connectivity index (χ2n) is 7.02. The molecular weight excluding hydrogens is 328 g/mol. The third-order valence-corrected chi connectivity index (χ3v) is 6.47. The van der Waals surface area contributed by atoms with Crippen molar-refractivity contribution in [1.82, 2.24) is 19.0 Å². The summed E-state index contributed by atoms with van der Waals surface area (Å²) >= 11 is 0. The Morgan fingerprint density at radius 3 is 2.88 bits per heavy atom. The number of allylic oxidation sites excluding steroid dienone is 1. The van der Waals surface area contributed by atoms with Gasteiger partial charge in [0.15, 0.2) is 0 Å². The van der Waals surface area contributed by atoms with Crippen molar-refractivity contribution in [2.75, 3.05) is 32.4 Å². The molecule has 2 fully saturated rings. The summed E-state index contributed by atoms with van der Waals surface area (Å²) in [6.45, 7) is 7.50. The van der Waals surface area contributed by atoms with Gasteiger partial charge in [0.2, 0.25) is 10.0 Å². The number of aromatic nitrogens is 2. The van der Waals surface area contributed by atoms with Gasteiger partial charge in [-0.15, -0.1) is 6.58 Å². The van der Waals surface area contributed by atoms with Crippen LogP contribution in [-0.4, -0.2) is 70.5 Å². The van der Waals surface area contributed by atoms with E-state index >= 15 is 0 Å². The van der Waals surface area contributed by atoms with Crippen molar-refractivity contribution in [2.45, 2.75) is 31.5 Å². The predicted octanol–water partition coefficient (Wildman–Crippen LogP) is 0.287. The lowest BCUT2D eigenvalue weighted by Gasteiger charge is -2.49. The molecule has 3 heterocycles. The first-order valence-corrected chi connectivity index (χ1v) is 10.2. The summed E-state index contributed by atoms with van der Waals surface area (Å²) < 4.78 is 27.0. The molecule has 3 rings (SSSR count). The number of sulfonamides is 1. The van der Waals surface area contributed by atoms with Crippen LogP contribution in [0.2, 0.25) is 0 Å². The van der Waals surface area contributed by atoms with Gasteiger partial charge in [0.25, 0.3) is 0 Å². The van der Waals surface area contributed by atoms with Gasteiger partial charge in [-0.25, -0.2) is 12.7 Å². The van der Waals surface area contributed by atoms with Crippen LogP contribution in [0, 0.1) is 5.92 Å². The van der Waals surface area contributed by atoms with E-state index in [1.807, 2.05) is 17.1 Å². The average Bonchev–Trinajstić information content (AvgIpc) is 2.94. The van der Waals surface area contributed by atoms with Crippen LogP contribution < -0.4 is 0 Å². The fraction of sp³-hybridized carbons (Fsp3) is 0.688. The van der Waals surface area contributed by atoms with Gasteiger partial charge in [-0.1, -0.05) is 6.08 Å². The maximum absolute atomic E-state index is 11.8. The Morgan fingerprint density at radius 1 is 1.42 bits per heavy atom. The summed E-state index contributed by atoms with van der Waals surface area (Å²) in [6, 6.07) is 0. The molecule has 1 aromatic rings. The fourth-order valence-corrected chi connectivity index (χ4v) is 4.64. The summed E-state index contributed by atoms with van der Waals surface area (Å²) in [7, 11) is -3.20. The summed E-state index contributed by atoms with van der Waals surface area (Å²) in [5.74, 6) is -0.0436. The summed E-state index contributed by atoms with van der Waals surface area (Å²) in [5.41, 5.74) is 0.392. The number of hydrogen-bond acceptors (Lipinski definition) is 5.